The minimum atomic E-state index is -0.714. The molecule has 34 heavy (non-hydrogen) atoms. The molecule has 0 aromatic heterocycles. The summed E-state index contributed by atoms with van der Waals surface area (Å²) in [5, 5.41) is 8.97. The van der Waals surface area contributed by atoms with Crippen LogP contribution in [0.15, 0.2) is 29.2 Å². The zero-order chi connectivity index (χ0) is 23.8. The highest BCUT2D eigenvalue weighted by Gasteiger charge is 2.55. The van der Waals surface area contributed by atoms with E-state index in [1.165, 1.54) is 4.90 Å². The summed E-state index contributed by atoms with van der Waals surface area (Å²) in [5.74, 6) is 0.272. The van der Waals surface area contributed by atoms with Crippen LogP contribution in [-0.2, 0) is 19.1 Å². The molecule has 3 heterocycles. The Labute approximate surface area is 211 Å². The normalized spacial score (nSPS) is 28.6. The summed E-state index contributed by atoms with van der Waals surface area (Å²) in [6.45, 7) is 6.10. The van der Waals surface area contributed by atoms with Gasteiger partial charge in [-0.15, -0.1) is 24.2 Å². The SMILES string of the molecule is CN[C@@H](C)C(=O)N[C@H]1CCO[C@H]2CC(C)(C)[C@@H](C(=O)N[C@@H]3CCSc4ccccc43)N2C1=O.Cl. The van der Waals surface area contributed by atoms with Gasteiger partial charge in [0.25, 0.3) is 0 Å². The first-order chi connectivity index (χ1) is 15.7. The molecule has 2 fully saturated rings. The molecule has 0 aliphatic carbocycles. The van der Waals surface area contributed by atoms with Gasteiger partial charge in [-0.25, -0.2) is 0 Å². The third-order valence-corrected chi connectivity index (χ3v) is 8.09. The number of halogens is 1. The average molecular weight is 511 g/mol. The van der Waals surface area contributed by atoms with Crippen LogP contribution in [0.1, 0.15) is 51.6 Å². The topological polar surface area (TPSA) is 99.8 Å². The molecule has 0 unspecified atom stereocenters. The lowest BCUT2D eigenvalue weighted by molar-refractivity contribution is -0.150. The molecular formula is C24H35ClN4O4S. The van der Waals surface area contributed by atoms with Gasteiger partial charge in [0.15, 0.2) is 0 Å². The number of nitrogens with one attached hydrogen (secondary N) is 3. The van der Waals surface area contributed by atoms with Crippen molar-refractivity contribution in [3.05, 3.63) is 29.8 Å². The Morgan fingerprint density at radius 1 is 1.18 bits per heavy atom. The standard InChI is InChI=1S/C24H34N4O4S.ClH/c1-14(25-4)21(29)27-17-9-11-32-19-13-24(2,3)20(28(19)23(17)31)22(30)26-16-10-12-33-18-8-6-5-7-15(16)18;/h5-8,14,16-17,19-20,25H,9-13H2,1-4H3,(H,26,30)(H,27,29);1H/t14-,16+,17-,19-,20+;/m0./s1. The zero-order valence-corrected chi connectivity index (χ0v) is 21.8. The van der Waals surface area contributed by atoms with Crippen LogP contribution in [0, 0.1) is 5.41 Å². The van der Waals surface area contributed by atoms with Gasteiger partial charge in [-0.2, -0.15) is 0 Å². The Hall–Kier alpha value is -1.81. The second-order valence-electron chi connectivity index (χ2n) is 9.76. The number of ether oxygens (including phenoxy) is 1. The minimum Gasteiger partial charge on any atom is -0.358 e. The van der Waals surface area contributed by atoms with Gasteiger partial charge in [0.2, 0.25) is 17.7 Å². The molecule has 0 spiro atoms. The molecule has 1 aromatic rings. The number of likely N-dealkylation sites (N-methyl/N-ethyl adjacent to an activating group) is 1. The molecule has 0 radical (unpaired) electrons. The zero-order valence-electron chi connectivity index (χ0n) is 20.1. The van der Waals surface area contributed by atoms with Gasteiger partial charge in [-0.3, -0.25) is 14.4 Å². The Balaban J connectivity index is 0.00000324. The van der Waals surface area contributed by atoms with Gasteiger partial charge in [0.05, 0.1) is 18.7 Å². The molecular weight excluding hydrogens is 476 g/mol. The van der Waals surface area contributed by atoms with Crippen LogP contribution in [0.4, 0.5) is 0 Å². The van der Waals surface area contributed by atoms with E-state index in [1.807, 2.05) is 26.0 Å². The molecule has 3 N–H and O–H groups in total. The van der Waals surface area contributed by atoms with E-state index in [-0.39, 0.29) is 36.2 Å². The van der Waals surface area contributed by atoms with Crippen LogP contribution < -0.4 is 16.0 Å². The monoisotopic (exact) mass is 510 g/mol. The first-order valence-electron chi connectivity index (χ1n) is 11.7. The van der Waals surface area contributed by atoms with Crippen LogP contribution in [-0.4, -0.2) is 66.4 Å². The van der Waals surface area contributed by atoms with Crippen LogP contribution in [0.3, 0.4) is 0 Å². The summed E-state index contributed by atoms with van der Waals surface area (Å²) in [6, 6.07) is 6.26. The number of hydrogen-bond acceptors (Lipinski definition) is 6. The molecule has 3 aliphatic heterocycles. The van der Waals surface area contributed by atoms with E-state index in [4.69, 9.17) is 4.74 Å². The van der Waals surface area contributed by atoms with E-state index in [0.29, 0.717) is 19.4 Å². The van der Waals surface area contributed by atoms with E-state index in [1.54, 1.807) is 30.6 Å². The summed E-state index contributed by atoms with van der Waals surface area (Å²) >= 11 is 1.80. The van der Waals surface area contributed by atoms with Gasteiger partial charge in [0.1, 0.15) is 18.3 Å². The number of hydrogen-bond donors (Lipinski definition) is 3. The van der Waals surface area contributed by atoms with Crippen molar-refractivity contribution in [2.24, 2.45) is 5.41 Å². The Morgan fingerprint density at radius 3 is 2.65 bits per heavy atom. The highest BCUT2D eigenvalue weighted by atomic mass is 35.5. The molecule has 4 rings (SSSR count). The number of rotatable bonds is 5. The Bertz CT molecular complexity index is 930. The lowest BCUT2D eigenvalue weighted by Crippen LogP contribution is -2.58. The predicted molar refractivity (Wildman–Crippen MR) is 134 cm³/mol. The van der Waals surface area contributed by atoms with Gasteiger partial charge >= 0.3 is 0 Å². The Morgan fingerprint density at radius 2 is 1.91 bits per heavy atom. The summed E-state index contributed by atoms with van der Waals surface area (Å²) in [6.07, 6.45) is 1.33. The van der Waals surface area contributed by atoms with Gasteiger partial charge in [-0.1, -0.05) is 32.0 Å². The molecule has 3 amide bonds. The quantitative estimate of drug-likeness (QED) is 0.561. The van der Waals surface area contributed by atoms with Crippen LogP contribution in [0.5, 0.6) is 0 Å². The highest BCUT2D eigenvalue weighted by molar-refractivity contribution is 7.99. The van der Waals surface area contributed by atoms with Crippen molar-refractivity contribution in [2.75, 3.05) is 19.4 Å². The van der Waals surface area contributed by atoms with Crippen LogP contribution in [0.2, 0.25) is 0 Å². The van der Waals surface area contributed by atoms with Gasteiger partial charge in [0, 0.05) is 17.1 Å². The molecule has 2 saturated heterocycles. The van der Waals surface area contributed by atoms with Crippen LogP contribution in [0.25, 0.3) is 0 Å². The second-order valence-corrected chi connectivity index (χ2v) is 10.9. The van der Waals surface area contributed by atoms with E-state index >= 15 is 0 Å². The van der Waals surface area contributed by atoms with E-state index in [9.17, 15) is 14.4 Å². The summed E-state index contributed by atoms with van der Waals surface area (Å²) in [5.41, 5.74) is 0.663. The maximum absolute atomic E-state index is 13.7. The predicted octanol–water partition coefficient (Wildman–Crippen LogP) is 2.23. The van der Waals surface area contributed by atoms with Gasteiger partial charge < -0.3 is 25.6 Å². The highest BCUT2D eigenvalue weighted by Crippen LogP contribution is 2.43. The summed E-state index contributed by atoms with van der Waals surface area (Å²) in [4.78, 5) is 42.5. The number of nitrogens with zero attached hydrogens (tertiary/aromatic N) is 1. The summed E-state index contributed by atoms with van der Waals surface area (Å²) in [7, 11) is 1.70. The number of benzene rings is 1. The number of thioether (sulfide) groups is 1. The first kappa shape index (κ1) is 26.8. The second kappa shape index (κ2) is 10.8. The number of amides is 3. The molecule has 188 valence electrons. The van der Waals surface area contributed by atoms with E-state index in [2.05, 4.69) is 28.1 Å². The molecule has 0 bridgehead atoms. The van der Waals surface area contributed by atoms with Crippen molar-refractivity contribution in [2.45, 2.75) is 75.3 Å². The first-order valence-corrected chi connectivity index (χ1v) is 12.6. The lowest BCUT2D eigenvalue weighted by atomic mass is 9.83. The maximum Gasteiger partial charge on any atom is 0.247 e. The van der Waals surface area contributed by atoms with Crippen LogP contribution >= 0.6 is 24.2 Å². The third-order valence-electron chi connectivity index (χ3n) is 6.96. The number of carbonyl (C=O) groups is 3. The van der Waals surface area contributed by atoms with E-state index < -0.39 is 29.8 Å². The summed E-state index contributed by atoms with van der Waals surface area (Å²) < 4.78 is 6.01. The molecule has 5 atom stereocenters. The molecule has 8 nitrogen and oxygen atoms in total. The molecule has 0 saturated carbocycles. The van der Waals surface area contributed by atoms with E-state index in [0.717, 1.165) is 17.7 Å². The van der Waals surface area contributed by atoms with Crippen molar-refractivity contribution < 1.29 is 19.1 Å². The van der Waals surface area contributed by atoms with Crippen molar-refractivity contribution in [1.82, 2.24) is 20.9 Å². The van der Waals surface area contributed by atoms with Gasteiger partial charge in [-0.05, 0) is 43.9 Å². The maximum atomic E-state index is 13.7. The minimum absolute atomic E-state index is 0. The fourth-order valence-corrected chi connectivity index (χ4v) is 6.15. The average Bonchev–Trinajstić information content (AvgIpc) is 2.99. The lowest BCUT2D eigenvalue weighted by Gasteiger charge is -2.35. The molecule has 1 aromatic carbocycles. The van der Waals surface area contributed by atoms with Crippen molar-refractivity contribution in [3.8, 4) is 0 Å². The molecule has 10 heteroatoms. The fourth-order valence-electron chi connectivity index (χ4n) is 5.02. The Kier molecular flexibility index (Phi) is 8.55. The molecule has 3 aliphatic rings. The number of carbonyl (C=O) groups excluding carboxylic acids is 3. The van der Waals surface area contributed by atoms with Crippen molar-refractivity contribution in [3.63, 3.8) is 0 Å². The smallest absolute Gasteiger partial charge is 0.247 e. The largest absolute Gasteiger partial charge is 0.358 e. The van der Waals surface area contributed by atoms with Crippen molar-refractivity contribution in [1.29, 1.82) is 0 Å². The van der Waals surface area contributed by atoms with Crippen molar-refractivity contribution >= 4 is 41.9 Å². The number of fused-ring (bicyclic) bond motifs is 2. The third kappa shape index (κ3) is 5.22. The fraction of sp³-hybridized carbons (Fsp3) is 0.625.